The van der Waals surface area contributed by atoms with E-state index in [1.165, 1.54) is 12.8 Å². The van der Waals surface area contributed by atoms with Crippen molar-refractivity contribution in [3.63, 3.8) is 0 Å². The molecule has 0 spiro atoms. The Morgan fingerprint density at radius 2 is 2.10 bits per heavy atom. The quantitative estimate of drug-likeness (QED) is 0.874. The predicted molar refractivity (Wildman–Crippen MR) is 84.9 cm³/mol. The molecule has 0 bridgehead atoms. The van der Waals surface area contributed by atoms with Crippen LogP contribution in [0.15, 0.2) is 6.33 Å². The second kappa shape index (κ2) is 6.91. The highest BCUT2D eigenvalue weighted by Crippen LogP contribution is 2.37. The number of aromatic nitrogens is 3. The van der Waals surface area contributed by atoms with E-state index in [2.05, 4.69) is 37.8 Å². The first-order chi connectivity index (χ1) is 9.88. The summed E-state index contributed by atoms with van der Waals surface area (Å²) in [6.07, 6.45) is 7.70. The lowest BCUT2D eigenvalue weighted by atomic mass is 9.73. The van der Waals surface area contributed by atoms with Gasteiger partial charge in [-0.2, -0.15) is 5.10 Å². The average molecular weight is 293 g/mol. The standard InChI is InChI=1S/C17H31N3O/c1-13(2)8-15-6-5-7-17(21,9-15)10-16-18-12-19-20(16)11-14(3)4/h12-15,21H,5-11H2,1-4H3. The molecule has 0 radical (unpaired) electrons. The minimum atomic E-state index is -0.584. The van der Waals surface area contributed by atoms with Crippen LogP contribution in [-0.4, -0.2) is 25.5 Å². The maximum atomic E-state index is 11.0. The Balaban J connectivity index is 2.02. The highest BCUT2D eigenvalue weighted by molar-refractivity contribution is 4.97. The van der Waals surface area contributed by atoms with Gasteiger partial charge in [-0.05, 0) is 37.0 Å². The molecule has 0 saturated heterocycles. The Morgan fingerprint density at radius 3 is 2.76 bits per heavy atom. The van der Waals surface area contributed by atoms with Crippen LogP contribution in [0.25, 0.3) is 0 Å². The molecule has 4 nitrogen and oxygen atoms in total. The second-order valence-corrected chi connectivity index (χ2v) is 7.75. The summed E-state index contributed by atoms with van der Waals surface area (Å²) in [5.41, 5.74) is -0.584. The van der Waals surface area contributed by atoms with Gasteiger partial charge in [0.1, 0.15) is 12.2 Å². The molecule has 0 aliphatic heterocycles. The summed E-state index contributed by atoms with van der Waals surface area (Å²) in [5.74, 6) is 2.85. The molecular weight excluding hydrogens is 262 g/mol. The first-order valence-corrected chi connectivity index (χ1v) is 8.47. The SMILES string of the molecule is CC(C)CC1CCCC(O)(Cc2ncnn2CC(C)C)C1. The van der Waals surface area contributed by atoms with E-state index in [4.69, 9.17) is 0 Å². The van der Waals surface area contributed by atoms with Crippen molar-refractivity contribution in [1.29, 1.82) is 0 Å². The molecular formula is C17H31N3O. The largest absolute Gasteiger partial charge is 0.389 e. The lowest BCUT2D eigenvalue weighted by Gasteiger charge is -2.37. The summed E-state index contributed by atoms with van der Waals surface area (Å²) in [4.78, 5) is 4.39. The fourth-order valence-corrected chi connectivity index (χ4v) is 3.71. The summed E-state index contributed by atoms with van der Waals surface area (Å²) in [6.45, 7) is 9.78. The van der Waals surface area contributed by atoms with Crippen LogP contribution >= 0.6 is 0 Å². The summed E-state index contributed by atoms with van der Waals surface area (Å²) >= 11 is 0. The lowest BCUT2D eigenvalue weighted by Crippen LogP contribution is -2.38. The third kappa shape index (κ3) is 4.80. The van der Waals surface area contributed by atoms with Crippen LogP contribution in [0, 0.1) is 17.8 Å². The van der Waals surface area contributed by atoms with Crippen molar-refractivity contribution in [1.82, 2.24) is 14.8 Å². The zero-order valence-corrected chi connectivity index (χ0v) is 14.0. The molecule has 2 atom stereocenters. The molecule has 21 heavy (non-hydrogen) atoms. The topological polar surface area (TPSA) is 50.9 Å². The molecule has 4 heteroatoms. The average Bonchev–Trinajstić information content (AvgIpc) is 2.74. The van der Waals surface area contributed by atoms with Gasteiger partial charge < -0.3 is 5.11 Å². The van der Waals surface area contributed by atoms with Gasteiger partial charge in [-0.25, -0.2) is 9.67 Å². The molecule has 1 heterocycles. The van der Waals surface area contributed by atoms with E-state index in [1.807, 2.05) is 4.68 Å². The maximum Gasteiger partial charge on any atom is 0.138 e. The zero-order chi connectivity index (χ0) is 15.5. The maximum absolute atomic E-state index is 11.0. The summed E-state index contributed by atoms with van der Waals surface area (Å²) in [5, 5.41) is 15.3. The number of hydrogen-bond acceptors (Lipinski definition) is 3. The van der Waals surface area contributed by atoms with Crippen LogP contribution in [0.5, 0.6) is 0 Å². The molecule has 1 N–H and O–H groups in total. The fraction of sp³-hybridized carbons (Fsp3) is 0.882. The number of hydrogen-bond donors (Lipinski definition) is 1. The van der Waals surface area contributed by atoms with E-state index in [9.17, 15) is 5.11 Å². The molecule has 1 aliphatic rings. The van der Waals surface area contributed by atoms with Gasteiger partial charge in [0.05, 0.1) is 5.60 Å². The minimum Gasteiger partial charge on any atom is -0.389 e. The molecule has 0 aromatic carbocycles. The van der Waals surface area contributed by atoms with E-state index in [1.54, 1.807) is 6.33 Å². The Labute approximate surface area is 129 Å². The minimum absolute atomic E-state index is 0.542. The van der Waals surface area contributed by atoms with Gasteiger partial charge in [0.2, 0.25) is 0 Å². The smallest absolute Gasteiger partial charge is 0.138 e. The molecule has 1 fully saturated rings. The monoisotopic (exact) mass is 293 g/mol. The molecule has 2 unspecified atom stereocenters. The number of aliphatic hydroxyl groups is 1. The molecule has 1 aliphatic carbocycles. The summed E-state index contributed by atoms with van der Waals surface area (Å²) in [7, 11) is 0. The van der Waals surface area contributed by atoms with Crippen molar-refractivity contribution in [2.45, 2.75) is 78.4 Å². The molecule has 120 valence electrons. The van der Waals surface area contributed by atoms with Crippen molar-refractivity contribution in [2.75, 3.05) is 0 Å². The van der Waals surface area contributed by atoms with Crippen molar-refractivity contribution >= 4 is 0 Å². The summed E-state index contributed by atoms with van der Waals surface area (Å²) in [6, 6.07) is 0. The van der Waals surface area contributed by atoms with Crippen molar-refractivity contribution < 1.29 is 5.11 Å². The van der Waals surface area contributed by atoms with Crippen LogP contribution < -0.4 is 0 Å². The number of nitrogens with zero attached hydrogens (tertiary/aromatic N) is 3. The van der Waals surface area contributed by atoms with Crippen LogP contribution in [0.3, 0.4) is 0 Å². The zero-order valence-electron chi connectivity index (χ0n) is 14.0. The van der Waals surface area contributed by atoms with E-state index in [-0.39, 0.29) is 0 Å². The van der Waals surface area contributed by atoms with Gasteiger partial charge in [0.15, 0.2) is 0 Å². The molecule has 0 amide bonds. The highest BCUT2D eigenvalue weighted by Gasteiger charge is 2.35. The van der Waals surface area contributed by atoms with E-state index in [0.717, 1.165) is 31.6 Å². The van der Waals surface area contributed by atoms with Gasteiger partial charge in [-0.15, -0.1) is 0 Å². The Kier molecular flexibility index (Phi) is 5.42. The Morgan fingerprint density at radius 1 is 1.33 bits per heavy atom. The van der Waals surface area contributed by atoms with Crippen LogP contribution in [0.1, 0.15) is 65.6 Å². The molecule has 1 aromatic rings. The first-order valence-electron chi connectivity index (χ1n) is 8.47. The number of rotatable bonds is 6. The second-order valence-electron chi connectivity index (χ2n) is 7.75. The molecule has 1 saturated carbocycles. The summed E-state index contributed by atoms with van der Waals surface area (Å²) < 4.78 is 1.97. The lowest BCUT2D eigenvalue weighted by molar-refractivity contribution is -0.0212. The third-order valence-corrected chi connectivity index (χ3v) is 4.45. The molecule has 2 rings (SSSR count). The van der Waals surface area contributed by atoms with Crippen LogP contribution in [0.4, 0.5) is 0 Å². The van der Waals surface area contributed by atoms with Crippen molar-refractivity contribution in [3.05, 3.63) is 12.2 Å². The van der Waals surface area contributed by atoms with Crippen LogP contribution in [0.2, 0.25) is 0 Å². The predicted octanol–water partition coefficient (Wildman–Crippen LogP) is 3.44. The van der Waals surface area contributed by atoms with Gasteiger partial charge >= 0.3 is 0 Å². The first kappa shape index (κ1) is 16.5. The van der Waals surface area contributed by atoms with Crippen molar-refractivity contribution in [3.8, 4) is 0 Å². The van der Waals surface area contributed by atoms with E-state index < -0.39 is 5.60 Å². The van der Waals surface area contributed by atoms with E-state index >= 15 is 0 Å². The Hall–Kier alpha value is -0.900. The third-order valence-electron chi connectivity index (χ3n) is 4.45. The normalized spacial score (nSPS) is 26.7. The van der Waals surface area contributed by atoms with Gasteiger partial charge in [0, 0.05) is 13.0 Å². The van der Waals surface area contributed by atoms with Gasteiger partial charge in [-0.1, -0.05) is 40.5 Å². The van der Waals surface area contributed by atoms with Gasteiger partial charge in [-0.3, -0.25) is 0 Å². The highest BCUT2D eigenvalue weighted by atomic mass is 16.3. The molecule has 1 aromatic heterocycles. The van der Waals surface area contributed by atoms with E-state index in [0.29, 0.717) is 24.2 Å². The fourth-order valence-electron chi connectivity index (χ4n) is 3.71. The van der Waals surface area contributed by atoms with Crippen molar-refractivity contribution in [2.24, 2.45) is 17.8 Å². The van der Waals surface area contributed by atoms with Crippen LogP contribution in [-0.2, 0) is 13.0 Å². The Bertz CT molecular complexity index is 441. The van der Waals surface area contributed by atoms with Gasteiger partial charge in [0.25, 0.3) is 0 Å².